The van der Waals surface area contributed by atoms with Crippen LogP contribution in [0.1, 0.15) is 0 Å². The van der Waals surface area contributed by atoms with Gasteiger partial charge in [-0.2, -0.15) is 0 Å². The maximum atomic E-state index is 4.76. The van der Waals surface area contributed by atoms with Gasteiger partial charge in [0.05, 0.1) is 0 Å². The van der Waals surface area contributed by atoms with Gasteiger partial charge in [-0.15, -0.1) is 0 Å². The van der Waals surface area contributed by atoms with Gasteiger partial charge in [0, 0.05) is 23.5 Å². The summed E-state index contributed by atoms with van der Waals surface area (Å²) in [6.07, 6.45) is 3.74. The Balaban J connectivity index is 1.77. The second kappa shape index (κ2) is 5.05. The lowest BCUT2D eigenvalue weighted by atomic mass is 9.44. The fraction of sp³-hybridized carbons (Fsp3) is 0. The van der Waals surface area contributed by atoms with Crippen LogP contribution < -0.4 is 15.7 Å². The van der Waals surface area contributed by atoms with Crippen LogP contribution in [0.2, 0.25) is 0 Å². The summed E-state index contributed by atoms with van der Waals surface area (Å²) in [5.74, 6) is 1.95. The number of nitrogens with zero attached hydrogens (tertiary/aromatic N) is 3. The van der Waals surface area contributed by atoms with Crippen LogP contribution in [0.3, 0.4) is 0 Å². The average molecular weight is 331 g/mol. The number of hydrogen-bond donors (Lipinski definition) is 0. The molecule has 6 rings (SSSR count). The molecule has 2 aliphatic rings. The van der Waals surface area contributed by atoms with Crippen LogP contribution in [0.4, 0.5) is 11.6 Å². The van der Waals surface area contributed by atoms with Crippen molar-refractivity contribution in [2.45, 2.75) is 0 Å². The lowest BCUT2D eigenvalue weighted by molar-refractivity contribution is 1.16. The maximum absolute atomic E-state index is 4.76. The number of rotatable bonds is 0. The lowest BCUT2D eigenvalue weighted by Crippen LogP contribution is -2.60. The standard InChI is InChI=1S/C22H14BN3/c1-3-11-19-15(7-1)17-9-5-13-24-21(17)26-22-18(10-6-14-25-22)16-8-2-4-12-20(16)23(19)26/h1-14H. The van der Waals surface area contributed by atoms with Gasteiger partial charge in [-0.3, -0.25) is 0 Å². The number of pyridine rings is 2. The van der Waals surface area contributed by atoms with Crippen molar-refractivity contribution in [3.05, 3.63) is 85.2 Å². The topological polar surface area (TPSA) is 29.0 Å². The Hall–Kier alpha value is -3.40. The first kappa shape index (κ1) is 13.8. The molecule has 0 radical (unpaired) electrons. The third-order valence-electron chi connectivity index (χ3n) is 5.38. The molecule has 0 bridgehead atoms. The van der Waals surface area contributed by atoms with E-state index in [1.807, 2.05) is 24.5 Å². The van der Waals surface area contributed by atoms with Crippen molar-refractivity contribution in [2.75, 3.05) is 4.81 Å². The van der Waals surface area contributed by atoms with E-state index in [0.717, 1.165) is 22.8 Å². The van der Waals surface area contributed by atoms with Gasteiger partial charge in [0.25, 0.3) is 0 Å². The van der Waals surface area contributed by atoms with Gasteiger partial charge in [-0.05, 0) is 46.3 Å². The van der Waals surface area contributed by atoms with Crippen molar-refractivity contribution in [3.8, 4) is 22.3 Å². The predicted octanol–water partition coefficient (Wildman–Crippen LogP) is 3.38. The molecule has 3 nitrogen and oxygen atoms in total. The minimum Gasteiger partial charge on any atom is -0.346 e. The average Bonchev–Trinajstić information content (AvgIpc) is 2.73. The zero-order valence-corrected chi connectivity index (χ0v) is 14.0. The highest BCUT2D eigenvalue weighted by Crippen LogP contribution is 2.43. The summed E-state index contributed by atoms with van der Waals surface area (Å²) in [5.41, 5.74) is 7.44. The van der Waals surface area contributed by atoms with Crippen molar-refractivity contribution in [1.82, 2.24) is 9.97 Å². The largest absolute Gasteiger partial charge is 0.346 e. The Morgan fingerprint density at radius 1 is 0.538 bits per heavy atom. The van der Waals surface area contributed by atoms with Gasteiger partial charge in [0.2, 0.25) is 0 Å². The third-order valence-corrected chi connectivity index (χ3v) is 5.38. The van der Waals surface area contributed by atoms with Crippen molar-refractivity contribution < 1.29 is 0 Å². The van der Waals surface area contributed by atoms with Crippen molar-refractivity contribution in [3.63, 3.8) is 0 Å². The highest BCUT2D eigenvalue weighted by Gasteiger charge is 2.43. The molecule has 2 aromatic carbocycles. The summed E-state index contributed by atoms with van der Waals surface area (Å²) in [4.78, 5) is 11.8. The van der Waals surface area contributed by atoms with Gasteiger partial charge in [0.15, 0.2) is 0 Å². The third kappa shape index (κ3) is 1.68. The highest BCUT2D eigenvalue weighted by atomic mass is 15.2. The summed E-state index contributed by atoms with van der Waals surface area (Å²) in [6.45, 7) is 0.0900. The second-order valence-corrected chi connectivity index (χ2v) is 6.70. The minimum absolute atomic E-state index is 0.0900. The van der Waals surface area contributed by atoms with Gasteiger partial charge in [0.1, 0.15) is 11.6 Å². The fourth-order valence-corrected chi connectivity index (χ4v) is 4.35. The van der Waals surface area contributed by atoms with E-state index in [1.165, 1.54) is 22.1 Å². The van der Waals surface area contributed by atoms with Crippen molar-refractivity contribution >= 4 is 29.4 Å². The predicted molar refractivity (Wildman–Crippen MR) is 107 cm³/mol. The van der Waals surface area contributed by atoms with Gasteiger partial charge < -0.3 is 4.81 Å². The molecule has 0 saturated carbocycles. The Labute approximate surface area is 152 Å². The molecule has 4 heterocycles. The summed E-state index contributed by atoms with van der Waals surface area (Å²) in [6, 6.07) is 25.6. The Morgan fingerprint density at radius 2 is 1.00 bits per heavy atom. The zero-order valence-electron chi connectivity index (χ0n) is 14.0. The van der Waals surface area contributed by atoms with Crippen molar-refractivity contribution in [2.24, 2.45) is 0 Å². The molecular weight excluding hydrogens is 317 g/mol. The molecule has 0 unspecified atom stereocenters. The monoisotopic (exact) mass is 331 g/mol. The summed E-state index contributed by atoms with van der Waals surface area (Å²) in [7, 11) is 0. The molecule has 0 saturated heterocycles. The second-order valence-electron chi connectivity index (χ2n) is 6.70. The van der Waals surface area contributed by atoms with E-state index >= 15 is 0 Å². The maximum Gasteiger partial charge on any atom is 0.332 e. The fourth-order valence-electron chi connectivity index (χ4n) is 4.35. The Kier molecular flexibility index (Phi) is 2.69. The van der Waals surface area contributed by atoms with E-state index in [1.54, 1.807) is 0 Å². The molecule has 4 heteroatoms. The van der Waals surface area contributed by atoms with E-state index < -0.39 is 0 Å². The molecule has 0 spiro atoms. The number of aromatic nitrogens is 2. The molecule has 120 valence electrons. The van der Waals surface area contributed by atoms with Crippen LogP contribution in [0.15, 0.2) is 85.2 Å². The number of hydrogen-bond acceptors (Lipinski definition) is 3. The van der Waals surface area contributed by atoms with Gasteiger partial charge in [-0.25, -0.2) is 9.97 Å². The highest BCUT2D eigenvalue weighted by molar-refractivity contribution is 6.92. The molecule has 0 atom stereocenters. The van der Waals surface area contributed by atoms with Gasteiger partial charge in [-0.1, -0.05) is 48.5 Å². The van der Waals surface area contributed by atoms with Crippen LogP contribution in [0.25, 0.3) is 22.3 Å². The molecule has 2 aliphatic heterocycles. The summed E-state index contributed by atoms with van der Waals surface area (Å²) < 4.78 is 0. The molecule has 4 aromatic rings. The van der Waals surface area contributed by atoms with Crippen LogP contribution in [-0.2, 0) is 0 Å². The smallest absolute Gasteiger partial charge is 0.332 e. The Morgan fingerprint density at radius 3 is 1.54 bits per heavy atom. The van der Waals surface area contributed by atoms with E-state index in [2.05, 4.69) is 65.5 Å². The van der Waals surface area contributed by atoms with E-state index in [4.69, 9.17) is 9.97 Å². The zero-order chi connectivity index (χ0) is 17.1. The molecule has 0 fully saturated rings. The Bertz CT molecular complexity index is 987. The lowest BCUT2D eigenvalue weighted by Gasteiger charge is -2.41. The first-order valence-corrected chi connectivity index (χ1v) is 8.81. The number of anilines is 2. The van der Waals surface area contributed by atoms with Crippen LogP contribution in [0, 0.1) is 0 Å². The molecule has 0 amide bonds. The number of benzene rings is 2. The summed E-state index contributed by atoms with van der Waals surface area (Å²) in [5, 5.41) is 0. The molecule has 0 N–H and O–H groups in total. The number of fused-ring (bicyclic) bond motifs is 11. The van der Waals surface area contributed by atoms with Crippen LogP contribution in [-0.4, -0.2) is 16.8 Å². The van der Waals surface area contributed by atoms with E-state index in [0.29, 0.717) is 0 Å². The summed E-state index contributed by atoms with van der Waals surface area (Å²) >= 11 is 0. The molecule has 0 aliphatic carbocycles. The molecular formula is C22H14BN3. The van der Waals surface area contributed by atoms with E-state index in [-0.39, 0.29) is 6.85 Å². The normalized spacial score (nSPS) is 13.2. The van der Waals surface area contributed by atoms with E-state index in [9.17, 15) is 0 Å². The minimum atomic E-state index is 0.0900. The first-order chi connectivity index (χ1) is 12.9. The first-order valence-electron chi connectivity index (χ1n) is 8.81. The van der Waals surface area contributed by atoms with Crippen LogP contribution >= 0.6 is 0 Å². The SMILES string of the molecule is c1ccc2c(c1)B1c3ccccc3-c3cccnc3N1c1ncccc1-2. The van der Waals surface area contributed by atoms with Gasteiger partial charge >= 0.3 is 6.85 Å². The molecule has 2 aromatic heterocycles. The molecule has 26 heavy (non-hydrogen) atoms. The van der Waals surface area contributed by atoms with Crippen molar-refractivity contribution in [1.29, 1.82) is 0 Å². The van der Waals surface area contributed by atoms with Crippen LogP contribution in [0.5, 0.6) is 0 Å². The quantitative estimate of drug-likeness (QED) is 0.463.